The van der Waals surface area contributed by atoms with Gasteiger partial charge in [0.2, 0.25) is 0 Å². The summed E-state index contributed by atoms with van der Waals surface area (Å²) < 4.78 is 2.07. The van der Waals surface area contributed by atoms with Gasteiger partial charge >= 0.3 is 0 Å². The van der Waals surface area contributed by atoms with Crippen LogP contribution < -0.4 is 5.32 Å². The predicted molar refractivity (Wildman–Crippen MR) is 65.5 cm³/mol. The Morgan fingerprint density at radius 3 is 3.06 bits per heavy atom. The molecular weight excluding hydrogens is 220 g/mol. The molecule has 0 saturated carbocycles. The van der Waals surface area contributed by atoms with Gasteiger partial charge in [-0.2, -0.15) is 0 Å². The molecule has 2 aromatic heterocycles. The van der Waals surface area contributed by atoms with Crippen molar-refractivity contribution in [3.63, 3.8) is 0 Å². The molecule has 2 rings (SSSR count). The van der Waals surface area contributed by atoms with Gasteiger partial charge in [0.05, 0.1) is 11.3 Å². The summed E-state index contributed by atoms with van der Waals surface area (Å²) in [4.78, 5) is 9.56. The molecule has 0 bridgehead atoms. The molecule has 1 unspecified atom stereocenters. The van der Waals surface area contributed by atoms with Gasteiger partial charge in [-0.3, -0.25) is 0 Å². The minimum absolute atomic E-state index is 0.370. The van der Waals surface area contributed by atoms with Crippen molar-refractivity contribution < 1.29 is 0 Å². The van der Waals surface area contributed by atoms with E-state index >= 15 is 0 Å². The van der Waals surface area contributed by atoms with Crippen LogP contribution in [0.3, 0.4) is 0 Å². The van der Waals surface area contributed by atoms with Crippen LogP contribution in [0.4, 0.5) is 0 Å². The van der Waals surface area contributed by atoms with Gasteiger partial charge in [-0.25, -0.2) is 9.97 Å². The molecule has 1 N–H and O–H groups in total. The fraction of sp³-hybridized carbons (Fsp3) is 0.455. The van der Waals surface area contributed by atoms with Crippen LogP contribution in [-0.4, -0.2) is 21.1 Å². The molecule has 0 saturated heterocycles. The first kappa shape index (κ1) is 11.3. The first-order valence-electron chi connectivity index (χ1n) is 5.37. The summed E-state index contributed by atoms with van der Waals surface area (Å²) in [6.45, 7) is 6.09. The van der Waals surface area contributed by atoms with Crippen molar-refractivity contribution >= 4 is 11.3 Å². The number of nitrogens with one attached hydrogen (secondary N) is 1. The lowest BCUT2D eigenvalue weighted by atomic mass is 10.3. The van der Waals surface area contributed by atoms with Gasteiger partial charge in [-0.1, -0.05) is 0 Å². The standard InChI is InChI=1S/C11H16N4S/c1-9(11-7-14-10(2)16-11)13-4-6-15-5-3-12-8-15/h3,5,7-9,13H,4,6H2,1-2H3. The van der Waals surface area contributed by atoms with Crippen molar-refractivity contribution in [2.45, 2.75) is 26.4 Å². The monoisotopic (exact) mass is 236 g/mol. The van der Waals surface area contributed by atoms with Crippen molar-refractivity contribution in [2.75, 3.05) is 6.54 Å². The van der Waals surface area contributed by atoms with Crippen LogP contribution in [0.25, 0.3) is 0 Å². The quantitative estimate of drug-likeness (QED) is 0.863. The number of hydrogen-bond acceptors (Lipinski definition) is 4. The van der Waals surface area contributed by atoms with E-state index in [1.807, 2.05) is 25.6 Å². The molecule has 0 aliphatic carbocycles. The Bertz CT molecular complexity index is 421. The maximum absolute atomic E-state index is 4.26. The van der Waals surface area contributed by atoms with E-state index in [-0.39, 0.29) is 0 Å². The van der Waals surface area contributed by atoms with E-state index in [9.17, 15) is 0 Å². The highest BCUT2D eigenvalue weighted by molar-refractivity contribution is 7.11. The molecule has 4 nitrogen and oxygen atoms in total. The number of hydrogen-bond donors (Lipinski definition) is 1. The van der Waals surface area contributed by atoms with Gasteiger partial charge in [0, 0.05) is 42.6 Å². The summed E-state index contributed by atoms with van der Waals surface area (Å²) in [5.41, 5.74) is 0. The van der Waals surface area contributed by atoms with Crippen LogP contribution in [0.5, 0.6) is 0 Å². The number of thiazole rings is 1. The van der Waals surface area contributed by atoms with Gasteiger partial charge in [0.15, 0.2) is 0 Å². The minimum Gasteiger partial charge on any atom is -0.336 e. The molecule has 0 radical (unpaired) electrons. The van der Waals surface area contributed by atoms with Crippen molar-refractivity contribution in [1.82, 2.24) is 19.9 Å². The number of aryl methyl sites for hydroxylation is 1. The first-order valence-corrected chi connectivity index (χ1v) is 6.19. The Hall–Kier alpha value is -1.20. The predicted octanol–water partition coefficient (Wildman–Crippen LogP) is 2.00. The van der Waals surface area contributed by atoms with E-state index in [1.54, 1.807) is 17.5 Å². The van der Waals surface area contributed by atoms with Crippen molar-refractivity contribution in [3.8, 4) is 0 Å². The van der Waals surface area contributed by atoms with Gasteiger partial charge in [-0.05, 0) is 13.8 Å². The Morgan fingerprint density at radius 1 is 1.56 bits per heavy atom. The zero-order chi connectivity index (χ0) is 11.4. The average molecular weight is 236 g/mol. The van der Waals surface area contributed by atoms with Crippen LogP contribution in [0.2, 0.25) is 0 Å². The van der Waals surface area contributed by atoms with E-state index in [4.69, 9.17) is 0 Å². The minimum atomic E-state index is 0.370. The van der Waals surface area contributed by atoms with Gasteiger partial charge in [0.25, 0.3) is 0 Å². The Labute approximate surface area is 99.4 Å². The third-order valence-corrected chi connectivity index (χ3v) is 3.54. The Kier molecular flexibility index (Phi) is 3.69. The number of imidazole rings is 1. The summed E-state index contributed by atoms with van der Waals surface area (Å²) in [5.74, 6) is 0. The molecule has 86 valence electrons. The third kappa shape index (κ3) is 2.90. The van der Waals surface area contributed by atoms with E-state index in [2.05, 4.69) is 26.8 Å². The van der Waals surface area contributed by atoms with Crippen LogP contribution in [0.15, 0.2) is 24.9 Å². The SMILES string of the molecule is Cc1ncc(C(C)NCCn2ccnc2)s1. The first-order chi connectivity index (χ1) is 7.75. The second-order valence-corrected chi connectivity index (χ2v) is 5.02. The van der Waals surface area contributed by atoms with Crippen molar-refractivity contribution in [2.24, 2.45) is 0 Å². The molecule has 0 aromatic carbocycles. The fourth-order valence-electron chi connectivity index (χ4n) is 1.51. The summed E-state index contributed by atoms with van der Waals surface area (Å²) in [5, 5.41) is 4.60. The zero-order valence-corrected chi connectivity index (χ0v) is 10.4. The number of aromatic nitrogens is 3. The molecule has 2 heterocycles. The molecule has 0 amide bonds. The van der Waals surface area contributed by atoms with Crippen molar-refractivity contribution in [3.05, 3.63) is 34.8 Å². The Morgan fingerprint density at radius 2 is 2.44 bits per heavy atom. The molecule has 0 aliphatic rings. The summed E-state index contributed by atoms with van der Waals surface area (Å²) >= 11 is 1.75. The number of rotatable bonds is 5. The zero-order valence-electron chi connectivity index (χ0n) is 9.55. The van der Waals surface area contributed by atoms with Crippen LogP contribution in [0.1, 0.15) is 22.9 Å². The number of nitrogens with zero attached hydrogens (tertiary/aromatic N) is 3. The lowest BCUT2D eigenvalue weighted by molar-refractivity contribution is 0.535. The van der Waals surface area contributed by atoms with E-state index in [1.165, 1.54) is 4.88 Å². The van der Waals surface area contributed by atoms with Crippen LogP contribution >= 0.6 is 11.3 Å². The fourth-order valence-corrected chi connectivity index (χ4v) is 2.32. The highest BCUT2D eigenvalue weighted by Gasteiger charge is 2.07. The average Bonchev–Trinajstić information content (AvgIpc) is 2.89. The van der Waals surface area contributed by atoms with E-state index in [0.29, 0.717) is 6.04 Å². The summed E-state index contributed by atoms with van der Waals surface area (Å²) in [6, 6.07) is 0.370. The molecule has 16 heavy (non-hydrogen) atoms. The molecule has 2 aromatic rings. The second kappa shape index (κ2) is 5.23. The van der Waals surface area contributed by atoms with Crippen molar-refractivity contribution in [1.29, 1.82) is 0 Å². The molecule has 0 fully saturated rings. The second-order valence-electron chi connectivity index (χ2n) is 3.76. The molecule has 1 atom stereocenters. The van der Waals surface area contributed by atoms with E-state index < -0.39 is 0 Å². The van der Waals surface area contributed by atoms with Crippen LogP contribution in [0, 0.1) is 6.92 Å². The normalized spacial score (nSPS) is 12.9. The van der Waals surface area contributed by atoms with Crippen LogP contribution in [-0.2, 0) is 6.54 Å². The van der Waals surface area contributed by atoms with Gasteiger partial charge in [-0.15, -0.1) is 11.3 Å². The molecule has 5 heteroatoms. The molecular formula is C11H16N4S. The largest absolute Gasteiger partial charge is 0.336 e. The van der Waals surface area contributed by atoms with Gasteiger partial charge < -0.3 is 9.88 Å². The maximum Gasteiger partial charge on any atom is 0.0946 e. The highest BCUT2D eigenvalue weighted by Crippen LogP contribution is 2.19. The molecule has 0 spiro atoms. The lowest BCUT2D eigenvalue weighted by Gasteiger charge is -2.11. The maximum atomic E-state index is 4.26. The van der Waals surface area contributed by atoms with E-state index in [0.717, 1.165) is 18.1 Å². The smallest absolute Gasteiger partial charge is 0.0946 e. The third-order valence-electron chi connectivity index (χ3n) is 2.45. The van der Waals surface area contributed by atoms with Gasteiger partial charge in [0.1, 0.15) is 0 Å². The topological polar surface area (TPSA) is 42.7 Å². The summed E-state index contributed by atoms with van der Waals surface area (Å²) in [6.07, 6.45) is 7.57. The highest BCUT2D eigenvalue weighted by atomic mass is 32.1. The Balaban J connectivity index is 1.78. The molecule has 0 aliphatic heterocycles. The summed E-state index contributed by atoms with van der Waals surface area (Å²) in [7, 11) is 0. The lowest BCUT2D eigenvalue weighted by Crippen LogP contribution is -2.22.